The number of halogens is 1. The number of pyridine rings is 1. The molecule has 0 spiro atoms. The lowest BCUT2D eigenvalue weighted by Gasteiger charge is -2.34. The molecule has 0 aliphatic carbocycles. The van der Waals surface area contributed by atoms with E-state index < -0.39 is 0 Å². The fourth-order valence-electron chi connectivity index (χ4n) is 1.66. The van der Waals surface area contributed by atoms with Gasteiger partial charge in [0.1, 0.15) is 0 Å². The number of nitrogens with zero attached hydrogens (tertiary/aromatic N) is 4. The lowest BCUT2D eigenvalue weighted by Crippen LogP contribution is -2.49. The maximum absolute atomic E-state index is 6.13. The highest BCUT2D eigenvalue weighted by molar-refractivity contribution is 7.13. The third kappa shape index (κ3) is 3.46. The number of nitrogens with two attached hydrogens (primary N) is 1. The molecule has 0 amide bonds. The van der Waals surface area contributed by atoms with Crippen molar-refractivity contribution in [3.63, 3.8) is 0 Å². The zero-order valence-corrected chi connectivity index (χ0v) is 13.1. The Morgan fingerprint density at radius 3 is 2.60 bits per heavy atom. The summed E-state index contributed by atoms with van der Waals surface area (Å²) in [5.41, 5.74) is 5.90. The van der Waals surface area contributed by atoms with Crippen molar-refractivity contribution in [1.82, 2.24) is 9.97 Å². The molecule has 0 aromatic carbocycles. The van der Waals surface area contributed by atoms with Crippen molar-refractivity contribution in [1.29, 1.82) is 0 Å². The molecular formula is C13H16ClN5S. The maximum atomic E-state index is 6.13. The zero-order valence-electron chi connectivity index (χ0n) is 11.5. The van der Waals surface area contributed by atoms with E-state index in [0.717, 1.165) is 5.13 Å². The van der Waals surface area contributed by atoms with Gasteiger partial charge in [-0.25, -0.2) is 9.97 Å². The molecule has 0 bridgehead atoms. The summed E-state index contributed by atoms with van der Waals surface area (Å²) in [6, 6.07) is 3.45. The lowest BCUT2D eigenvalue weighted by atomic mass is 10.1. The highest BCUT2D eigenvalue weighted by Gasteiger charge is 2.27. The summed E-state index contributed by atoms with van der Waals surface area (Å²) >= 11 is 7.32. The summed E-state index contributed by atoms with van der Waals surface area (Å²) < 4.78 is 0. The molecule has 5 nitrogen and oxygen atoms in total. The van der Waals surface area contributed by atoms with Gasteiger partial charge in [-0.1, -0.05) is 11.6 Å². The minimum Gasteiger partial charge on any atom is -0.369 e. The van der Waals surface area contributed by atoms with Crippen LogP contribution in [0.5, 0.6) is 0 Å². The van der Waals surface area contributed by atoms with E-state index in [1.54, 1.807) is 24.5 Å². The molecule has 2 rings (SSSR count). The Balaban J connectivity index is 2.36. The summed E-state index contributed by atoms with van der Waals surface area (Å²) in [6.07, 6.45) is 3.28. The van der Waals surface area contributed by atoms with E-state index in [4.69, 9.17) is 17.3 Å². The molecule has 20 heavy (non-hydrogen) atoms. The Hall–Kier alpha value is -1.66. The number of hydrogen-bond acceptors (Lipinski definition) is 4. The van der Waals surface area contributed by atoms with Crippen molar-refractivity contribution in [3.05, 3.63) is 34.9 Å². The van der Waals surface area contributed by atoms with Crippen LogP contribution < -0.4 is 10.6 Å². The SMILES string of the molecule is CC(C)(C)N(C(N)=Nc1ccc(Cl)cn1)c1nccs1. The molecule has 0 aliphatic rings. The van der Waals surface area contributed by atoms with Crippen LogP contribution in [0.2, 0.25) is 5.02 Å². The van der Waals surface area contributed by atoms with E-state index in [2.05, 4.69) is 15.0 Å². The van der Waals surface area contributed by atoms with E-state index >= 15 is 0 Å². The number of hydrogen-bond donors (Lipinski definition) is 1. The van der Waals surface area contributed by atoms with Gasteiger partial charge < -0.3 is 5.73 Å². The third-order valence-corrected chi connectivity index (χ3v) is 3.43. The fourth-order valence-corrected chi connectivity index (χ4v) is 2.61. The molecule has 2 aromatic heterocycles. The van der Waals surface area contributed by atoms with Gasteiger partial charge >= 0.3 is 0 Å². The molecule has 0 saturated carbocycles. The number of thiazole rings is 1. The van der Waals surface area contributed by atoms with Crippen LogP contribution in [0.4, 0.5) is 10.9 Å². The Morgan fingerprint density at radius 1 is 1.35 bits per heavy atom. The monoisotopic (exact) mass is 309 g/mol. The minimum atomic E-state index is -0.238. The molecular weight excluding hydrogens is 294 g/mol. The molecule has 2 N–H and O–H groups in total. The molecule has 0 aliphatic heterocycles. The van der Waals surface area contributed by atoms with Gasteiger partial charge in [0.15, 0.2) is 10.9 Å². The predicted molar refractivity (Wildman–Crippen MR) is 84.9 cm³/mol. The van der Waals surface area contributed by atoms with Crippen LogP contribution in [0.1, 0.15) is 20.8 Å². The minimum absolute atomic E-state index is 0.238. The summed E-state index contributed by atoms with van der Waals surface area (Å²) in [7, 11) is 0. The van der Waals surface area contributed by atoms with Crippen molar-refractivity contribution in [2.45, 2.75) is 26.3 Å². The van der Waals surface area contributed by atoms with Crippen LogP contribution >= 0.6 is 22.9 Å². The Morgan fingerprint density at radius 2 is 2.10 bits per heavy atom. The summed E-state index contributed by atoms with van der Waals surface area (Å²) in [5, 5.41) is 3.27. The summed E-state index contributed by atoms with van der Waals surface area (Å²) in [4.78, 5) is 14.6. The highest BCUT2D eigenvalue weighted by atomic mass is 35.5. The van der Waals surface area contributed by atoms with Crippen LogP contribution in [0.25, 0.3) is 0 Å². The van der Waals surface area contributed by atoms with Gasteiger partial charge in [0.25, 0.3) is 0 Å². The standard InChI is InChI=1S/C13H16ClN5S/c1-13(2,3)19(12-16-6-7-20-12)11(15)18-10-5-4-9(14)8-17-10/h4-8H,1-3H3,(H2,15,17,18). The second-order valence-electron chi connectivity index (χ2n) is 5.13. The smallest absolute Gasteiger partial charge is 0.204 e. The molecule has 0 radical (unpaired) electrons. The first-order valence-electron chi connectivity index (χ1n) is 6.03. The van der Waals surface area contributed by atoms with Crippen LogP contribution in [0.15, 0.2) is 34.9 Å². The molecule has 106 valence electrons. The van der Waals surface area contributed by atoms with E-state index in [9.17, 15) is 0 Å². The van der Waals surface area contributed by atoms with Crippen LogP contribution in [-0.4, -0.2) is 21.5 Å². The van der Waals surface area contributed by atoms with E-state index in [-0.39, 0.29) is 5.54 Å². The van der Waals surface area contributed by atoms with Crippen molar-refractivity contribution >= 4 is 39.8 Å². The third-order valence-electron chi connectivity index (χ3n) is 2.45. The normalized spacial score (nSPS) is 12.5. The van der Waals surface area contributed by atoms with Crippen LogP contribution in [-0.2, 0) is 0 Å². The Labute approximate surface area is 127 Å². The van der Waals surface area contributed by atoms with Crippen LogP contribution in [0.3, 0.4) is 0 Å². The molecule has 2 heterocycles. The van der Waals surface area contributed by atoms with Crippen molar-refractivity contribution in [2.24, 2.45) is 10.7 Å². The van der Waals surface area contributed by atoms with Crippen LogP contribution in [0, 0.1) is 0 Å². The first-order chi connectivity index (χ1) is 9.38. The van der Waals surface area contributed by atoms with E-state index in [1.165, 1.54) is 11.3 Å². The number of rotatable bonds is 2. The Kier molecular flexibility index (Phi) is 4.25. The second-order valence-corrected chi connectivity index (χ2v) is 6.43. The van der Waals surface area contributed by atoms with Gasteiger partial charge in [0.05, 0.1) is 5.02 Å². The van der Waals surface area contributed by atoms with Gasteiger partial charge in [-0.15, -0.1) is 11.3 Å². The highest BCUT2D eigenvalue weighted by Crippen LogP contribution is 2.26. The van der Waals surface area contributed by atoms with Gasteiger partial charge in [-0.2, -0.15) is 4.99 Å². The quantitative estimate of drug-likeness (QED) is 0.681. The molecule has 2 aromatic rings. The fraction of sp³-hybridized carbons (Fsp3) is 0.308. The van der Waals surface area contributed by atoms with Crippen molar-refractivity contribution in [2.75, 3.05) is 4.90 Å². The molecule has 0 atom stereocenters. The van der Waals surface area contributed by atoms with E-state index in [0.29, 0.717) is 16.8 Å². The Bertz CT molecular complexity index is 586. The number of aliphatic imine (C=N–C) groups is 1. The topological polar surface area (TPSA) is 67.4 Å². The molecule has 7 heteroatoms. The largest absolute Gasteiger partial charge is 0.369 e. The number of anilines is 1. The lowest BCUT2D eigenvalue weighted by molar-refractivity contribution is 0.568. The number of guanidine groups is 1. The molecule has 0 fully saturated rings. The van der Waals surface area contributed by atoms with E-state index in [1.807, 2.05) is 31.1 Å². The first-order valence-corrected chi connectivity index (χ1v) is 7.29. The molecule has 0 unspecified atom stereocenters. The maximum Gasteiger partial charge on any atom is 0.204 e. The number of aromatic nitrogens is 2. The van der Waals surface area contributed by atoms with Gasteiger partial charge in [0.2, 0.25) is 5.96 Å². The zero-order chi connectivity index (χ0) is 14.8. The summed E-state index contributed by atoms with van der Waals surface area (Å²) in [6.45, 7) is 6.14. The molecule has 0 saturated heterocycles. The second kappa shape index (κ2) is 5.76. The van der Waals surface area contributed by atoms with Gasteiger partial charge in [0, 0.05) is 23.3 Å². The van der Waals surface area contributed by atoms with Crippen molar-refractivity contribution < 1.29 is 0 Å². The van der Waals surface area contributed by atoms with Gasteiger partial charge in [-0.05, 0) is 32.9 Å². The first kappa shape index (κ1) is 14.7. The van der Waals surface area contributed by atoms with Crippen molar-refractivity contribution in [3.8, 4) is 0 Å². The average molecular weight is 310 g/mol. The summed E-state index contributed by atoms with van der Waals surface area (Å²) in [5.74, 6) is 0.861. The van der Waals surface area contributed by atoms with Gasteiger partial charge in [-0.3, -0.25) is 4.90 Å². The average Bonchev–Trinajstić information content (AvgIpc) is 2.84. The predicted octanol–water partition coefficient (Wildman–Crippen LogP) is 3.44.